The SMILES string of the molecule is CC1CC(C)CN(C(=O)COC(=O)c2ccc(N3CCCC3)c([N+](=O)[O-])c2)C1. The molecule has 1 aromatic rings. The van der Waals surface area contributed by atoms with Gasteiger partial charge in [-0.05, 0) is 43.2 Å². The van der Waals surface area contributed by atoms with Gasteiger partial charge in [0.05, 0.1) is 10.5 Å². The second-order valence-electron chi connectivity index (χ2n) is 7.98. The molecular weight excluding hydrogens is 362 g/mol. The van der Waals surface area contributed by atoms with Gasteiger partial charge >= 0.3 is 5.97 Å². The van der Waals surface area contributed by atoms with Gasteiger partial charge in [-0.15, -0.1) is 0 Å². The van der Waals surface area contributed by atoms with Crippen LogP contribution in [0, 0.1) is 22.0 Å². The second kappa shape index (κ2) is 8.58. The largest absolute Gasteiger partial charge is 0.452 e. The molecule has 0 aliphatic carbocycles. The molecule has 2 aliphatic rings. The summed E-state index contributed by atoms with van der Waals surface area (Å²) in [6, 6.07) is 4.36. The molecule has 2 atom stereocenters. The third kappa shape index (κ3) is 4.61. The van der Waals surface area contributed by atoms with E-state index in [9.17, 15) is 19.7 Å². The Labute approximate surface area is 164 Å². The molecule has 2 heterocycles. The molecule has 8 nitrogen and oxygen atoms in total. The lowest BCUT2D eigenvalue weighted by molar-refractivity contribution is -0.384. The fourth-order valence-electron chi connectivity index (χ4n) is 4.19. The van der Waals surface area contributed by atoms with Gasteiger partial charge in [0.2, 0.25) is 0 Å². The first-order valence-corrected chi connectivity index (χ1v) is 9.83. The van der Waals surface area contributed by atoms with E-state index in [4.69, 9.17) is 4.74 Å². The fourth-order valence-corrected chi connectivity index (χ4v) is 4.19. The minimum atomic E-state index is -0.720. The van der Waals surface area contributed by atoms with Crippen LogP contribution < -0.4 is 4.90 Å². The fraction of sp³-hybridized carbons (Fsp3) is 0.600. The van der Waals surface area contributed by atoms with Crippen molar-refractivity contribution in [2.45, 2.75) is 33.1 Å². The highest BCUT2D eigenvalue weighted by atomic mass is 16.6. The first-order chi connectivity index (χ1) is 13.3. The maximum atomic E-state index is 12.4. The average Bonchev–Trinajstić information content (AvgIpc) is 3.19. The van der Waals surface area contributed by atoms with Crippen molar-refractivity contribution in [1.29, 1.82) is 0 Å². The van der Waals surface area contributed by atoms with Crippen molar-refractivity contribution in [1.82, 2.24) is 4.90 Å². The van der Waals surface area contributed by atoms with Crippen LogP contribution >= 0.6 is 0 Å². The van der Waals surface area contributed by atoms with Gasteiger partial charge in [0.1, 0.15) is 5.69 Å². The molecule has 0 saturated carbocycles. The highest BCUT2D eigenvalue weighted by molar-refractivity contribution is 5.93. The van der Waals surface area contributed by atoms with Crippen molar-refractivity contribution in [2.75, 3.05) is 37.7 Å². The Bertz CT molecular complexity index is 750. The number of nitro groups is 1. The maximum absolute atomic E-state index is 12.4. The number of hydrogen-bond acceptors (Lipinski definition) is 6. The monoisotopic (exact) mass is 389 g/mol. The summed E-state index contributed by atoms with van der Waals surface area (Å²) in [4.78, 5) is 39.4. The molecule has 152 valence electrons. The molecule has 2 unspecified atom stereocenters. The van der Waals surface area contributed by atoms with Crippen molar-refractivity contribution in [3.05, 3.63) is 33.9 Å². The Balaban J connectivity index is 1.64. The number of nitrogens with zero attached hydrogens (tertiary/aromatic N) is 3. The number of ether oxygens (including phenoxy) is 1. The van der Waals surface area contributed by atoms with Crippen LogP contribution in [0.15, 0.2) is 18.2 Å². The van der Waals surface area contributed by atoms with Gasteiger partial charge in [-0.1, -0.05) is 13.8 Å². The average molecular weight is 389 g/mol. The van der Waals surface area contributed by atoms with Crippen molar-refractivity contribution >= 4 is 23.3 Å². The number of carbonyl (C=O) groups excluding carboxylic acids is 2. The van der Waals surface area contributed by atoms with Crippen LogP contribution in [-0.4, -0.2) is 54.5 Å². The van der Waals surface area contributed by atoms with Gasteiger partial charge in [-0.25, -0.2) is 4.79 Å². The van der Waals surface area contributed by atoms with Crippen LogP contribution in [0.1, 0.15) is 43.5 Å². The topological polar surface area (TPSA) is 93.0 Å². The molecule has 3 rings (SSSR count). The standard InChI is InChI=1S/C20H27N3O5/c1-14-9-15(2)12-22(11-14)19(24)13-28-20(25)16-5-6-17(18(10-16)23(26)27)21-7-3-4-8-21/h5-6,10,14-15H,3-4,7-9,11-13H2,1-2H3. The summed E-state index contributed by atoms with van der Waals surface area (Å²) < 4.78 is 5.15. The Morgan fingerprint density at radius 3 is 2.43 bits per heavy atom. The summed E-state index contributed by atoms with van der Waals surface area (Å²) >= 11 is 0. The van der Waals surface area contributed by atoms with Crippen molar-refractivity contribution in [3.8, 4) is 0 Å². The molecule has 0 radical (unpaired) electrons. The number of nitro benzene ring substituents is 1. The number of rotatable bonds is 5. The van der Waals surface area contributed by atoms with Crippen LogP contribution in [0.5, 0.6) is 0 Å². The molecule has 0 spiro atoms. The number of benzene rings is 1. The number of hydrogen-bond donors (Lipinski definition) is 0. The van der Waals surface area contributed by atoms with E-state index in [1.807, 2.05) is 4.90 Å². The van der Waals surface area contributed by atoms with E-state index in [0.29, 0.717) is 30.6 Å². The zero-order chi connectivity index (χ0) is 20.3. The molecule has 2 fully saturated rings. The number of carbonyl (C=O) groups is 2. The Morgan fingerprint density at radius 1 is 1.18 bits per heavy atom. The normalized spacial score (nSPS) is 22.2. The maximum Gasteiger partial charge on any atom is 0.338 e. The number of amides is 1. The minimum absolute atomic E-state index is 0.0860. The Morgan fingerprint density at radius 2 is 1.82 bits per heavy atom. The number of anilines is 1. The summed E-state index contributed by atoms with van der Waals surface area (Å²) in [6.07, 6.45) is 3.07. The van der Waals surface area contributed by atoms with Gasteiger partial charge in [-0.3, -0.25) is 14.9 Å². The van der Waals surface area contributed by atoms with Gasteiger partial charge in [0, 0.05) is 32.2 Å². The van der Waals surface area contributed by atoms with E-state index in [-0.39, 0.29) is 23.8 Å². The predicted octanol–water partition coefficient (Wildman–Crippen LogP) is 2.86. The lowest BCUT2D eigenvalue weighted by atomic mass is 9.92. The molecule has 2 saturated heterocycles. The van der Waals surface area contributed by atoms with Crippen LogP contribution in [-0.2, 0) is 9.53 Å². The summed E-state index contributed by atoms with van der Waals surface area (Å²) in [7, 11) is 0. The van der Waals surface area contributed by atoms with E-state index >= 15 is 0 Å². The summed E-state index contributed by atoms with van der Waals surface area (Å²) in [5, 5.41) is 11.5. The first-order valence-electron chi connectivity index (χ1n) is 9.83. The van der Waals surface area contributed by atoms with E-state index in [1.54, 1.807) is 11.0 Å². The molecular formula is C20H27N3O5. The van der Waals surface area contributed by atoms with E-state index in [0.717, 1.165) is 32.4 Å². The molecule has 0 bridgehead atoms. The molecule has 1 amide bonds. The number of likely N-dealkylation sites (tertiary alicyclic amines) is 1. The molecule has 0 N–H and O–H groups in total. The van der Waals surface area contributed by atoms with Gasteiger partial charge in [0.25, 0.3) is 11.6 Å². The lowest BCUT2D eigenvalue weighted by Crippen LogP contribution is -2.44. The first kappa shape index (κ1) is 20.1. The number of piperidine rings is 1. The van der Waals surface area contributed by atoms with Crippen molar-refractivity contribution in [2.24, 2.45) is 11.8 Å². The highest BCUT2D eigenvalue weighted by Crippen LogP contribution is 2.31. The van der Waals surface area contributed by atoms with Crippen LogP contribution in [0.25, 0.3) is 0 Å². The smallest absolute Gasteiger partial charge is 0.338 e. The molecule has 8 heteroatoms. The third-order valence-electron chi connectivity index (χ3n) is 5.40. The third-order valence-corrected chi connectivity index (χ3v) is 5.40. The lowest BCUT2D eigenvalue weighted by Gasteiger charge is -2.34. The molecule has 2 aliphatic heterocycles. The molecule has 1 aromatic carbocycles. The summed E-state index contributed by atoms with van der Waals surface area (Å²) in [6.45, 7) is 6.72. The van der Waals surface area contributed by atoms with Gasteiger partial charge in [-0.2, -0.15) is 0 Å². The van der Waals surface area contributed by atoms with Crippen molar-refractivity contribution in [3.63, 3.8) is 0 Å². The Kier molecular flexibility index (Phi) is 6.16. The highest BCUT2D eigenvalue weighted by Gasteiger charge is 2.27. The predicted molar refractivity (Wildman–Crippen MR) is 104 cm³/mol. The van der Waals surface area contributed by atoms with E-state index in [2.05, 4.69) is 13.8 Å². The molecule has 0 aromatic heterocycles. The quantitative estimate of drug-likeness (QED) is 0.437. The van der Waals surface area contributed by atoms with E-state index < -0.39 is 10.9 Å². The Hall–Kier alpha value is -2.64. The molecule has 28 heavy (non-hydrogen) atoms. The van der Waals surface area contributed by atoms with Crippen LogP contribution in [0.4, 0.5) is 11.4 Å². The van der Waals surface area contributed by atoms with Crippen LogP contribution in [0.3, 0.4) is 0 Å². The zero-order valence-corrected chi connectivity index (χ0v) is 16.4. The zero-order valence-electron chi connectivity index (χ0n) is 16.4. The van der Waals surface area contributed by atoms with Crippen LogP contribution in [0.2, 0.25) is 0 Å². The van der Waals surface area contributed by atoms with Gasteiger partial charge in [0.15, 0.2) is 6.61 Å². The minimum Gasteiger partial charge on any atom is -0.452 e. The van der Waals surface area contributed by atoms with Crippen molar-refractivity contribution < 1.29 is 19.2 Å². The summed E-state index contributed by atoms with van der Waals surface area (Å²) in [5.41, 5.74) is 0.496. The number of esters is 1. The van der Waals surface area contributed by atoms with E-state index in [1.165, 1.54) is 12.1 Å². The summed E-state index contributed by atoms with van der Waals surface area (Å²) in [5.74, 6) is -0.106. The van der Waals surface area contributed by atoms with Gasteiger partial charge < -0.3 is 14.5 Å². The second-order valence-corrected chi connectivity index (χ2v) is 7.98.